The van der Waals surface area contributed by atoms with Crippen LogP contribution in [0.4, 0.5) is 18.9 Å². The summed E-state index contributed by atoms with van der Waals surface area (Å²) in [5.74, 6) is -1.89. The predicted molar refractivity (Wildman–Crippen MR) is 72.2 cm³/mol. The molecule has 0 spiro atoms. The van der Waals surface area contributed by atoms with Crippen LogP contribution in [0, 0.1) is 0 Å². The number of halogens is 3. The number of carbonyl (C=O) groups excluding carboxylic acids is 2. The molecule has 3 N–H and O–H groups in total. The lowest BCUT2D eigenvalue weighted by molar-refractivity contribution is -0.143. The smallest absolute Gasteiger partial charge is 0.375 e. The molecule has 0 fully saturated rings. The third-order valence-electron chi connectivity index (χ3n) is 3.59. The van der Waals surface area contributed by atoms with Gasteiger partial charge in [0.25, 0.3) is 5.91 Å². The van der Waals surface area contributed by atoms with Crippen LogP contribution in [0.1, 0.15) is 41.8 Å². The molecule has 0 saturated heterocycles. The molecule has 120 valence electrons. The molecule has 1 aliphatic heterocycles. The van der Waals surface area contributed by atoms with Crippen LogP contribution in [0.2, 0.25) is 0 Å². The monoisotopic (exact) mass is 316 g/mol. The van der Waals surface area contributed by atoms with E-state index in [0.717, 1.165) is 17.9 Å². The second kappa shape index (κ2) is 4.98. The van der Waals surface area contributed by atoms with E-state index in [-0.39, 0.29) is 17.8 Å². The molecule has 2 rings (SSSR count). The zero-order chi connectivity index (χ0) is 16.9. The lowest BCUT2D eigenvalue weighted by Gasteiger charge is -2.20. The average molecular weight is 316 g/mol. The Bertz CT molecular complexity index is 653. The van der Waals surface area contributed by atoms with Crippen molar-refractivity contribution in [3.8, 4) is 0 Å². The number of anilines is 1. The van der Waals surface area contributed by atoms with Crippen molar-refractivity contribution in [1.29, 1.82) is 0 Å². The van der Waals surface area contributed by atoms with Gasteiger partial charge in [0.05, 0.1) is 11.3 Å². The molecule has 0 saturated carbocycles. The van der Waals surface area contributed by atoms with E-state index >= 15 is 0 Å². The van der Waals surface area contributed by atoms with Gasteiger partial charge in [0.2, 0.25) is 5.91 Å². The predicted octanol–water partition coefficient (Wildman–Crippen LogP) is 1.77. The Labute approximate surface area is 124 Å². The highest BCUT2D eigenvalue weighted by Crippen LogP contribution is 2.47. The fraction of sp³-hybridized carbons (Fsp3) is 0.429. The molecule has 1 unspecified atom stereocenters. The van der Waals surface area contributed by atoms with E-state index in [4.69, 9.17) is 5.73 Å². The molecule has 8 heteroatoms. The summed E-state index contributed by atoms with van der Waals surface area (Å²) in [6.07, 6.45) is -4.36. The first-order valence-electron chi connectivity index (χ1n) is 6.61. The number of carbonyl (C=O) groups is 2. The highest BCUT2D eigenvalue weighted by atomic mass is 19.4. The number of hydrogen-bond acceptors (Lipinski definition) is 3. The van der Waals surface area contributed by atoms with Crippen LogP contribution < -0.4 is 10.6 Å². The molecule has 0 aromatic heterocycles. The minimum Gasteiger partial charge on any atom is -0.375 e. The molecule has 1 heterocycles. The van der Waals surface area contributed by atoms with Crippen molar-refractivity contribution in [2.45, 2.75) is 32.0 Å². The molecule has 0 aliphatic carbocycles. The normalized spacial score (nSPS) is 21.2. The maximum absolute atomic E-state index is 13.3. The summed E-state index contributed by atoms with van der Waals surface area (Å²) in [6, 6.07) is 1.68. The van der Waals surface area contributed by atoms with Crippen molar-refractivity contribution in [1.82, 2.24) is 0 Å². The molecule has 5 nitrogen and oxygen atoms in total. The number of hydrogen-bond donors (Lipinski definition) is 2. The van der Waals surface area contributed by atoms with Crippen molar-refractivity contribution >= 4 is 17.5 Å². The average Bonchev–Trinajstić information content (AvgIpc) is 2.58. The lowest BCUT2D eigenvalue weighted by Crippen LogP contribution is -2.38. The molecular weight excluding hydrogens is 301 g/mol. The minimum atomic E-state index is -4.83. The van der Waals surface area contributed by atoms with Gasteiger partial charge >= 0.3 is 6.18 Å². The van der Waals surface area contributed by atoms with Crippen molar-refractivity contribution in [2.24, 2.45) is 5.73 Å². The molecular formula is C14H15F3N2O3. The Morgan fingerprint density at radius 2 is 2.00 bits per heavy atom. The Morgan fingerprint density at radius 3 is 2.45 bits per heavy atom. The van der Waals surface area contributed by atoms with Gasteiger partial charge < -0.3 is 15.7 Å². The van der Waals surface area contributed by atoms with E-state index in [0.29, 0.717) is 12.5 Å². The Morgan fingerprint density at radius 1 is 1.41 bits per heavy atom. The van der Waals surface area contributed by atoms with E-state index in [1.807, 2.05) is 0 Å². The number of rotatable bonds is 3. The van der Waals surface area contributed by atoms with Crippen LogP contribution in [0.3, 0.4) is 0 Å². The van der Waals surface area contributed by atoms with Gasteiger partial charge in [0, 0.05) is 17.7 Å². The summed E-state index contributed by atoms with van der Waals surface area (Å²) < 4.78 is 39.8. The zero-order valence-corrected chi connectivity index (χ0v) is 12.0. The summed E-state index contributed by atoms with van der Waals surface area (Å²) in [7, 11) is 0. The molecule has 1 aromatic carbocycles. The van der Waals surface area contributed by atoms with Crippen LogP contribution >= 0.6 is 0 Å². The Hall–Kier alpha value is -2.09. The standard InChI is InChI=1S/C14H15F3N2O3/c1-3-4-19-9-6-7(11(18)20)5-8(14(15,16)17)10(9)13(2,22)12(19)21/h5-6,22H,3-4H2,1-2H3,(H2,18,20). The van der Waals surface area contributed by atoms with Gasteiger partial charge in [-0.25, -0.2) is 0 Å². The number of primary amides is 1. The largest absolute Gasteiger partial charge is 0.416 e. The summed E-state index contributed by atoms with van der Waals surface area (Å²) >= 11 is 0. The van der Waals surface area contributed by atoms with Crippen molar-refractivity contribution < 1.29 is 27.9 Å². The van der Waals surface area contributed by atoms with E-state index in [2.05, 4.69) is 0 Å². The molecule has 0 bridgehead atoms. The number of aliphatic hydroxyl groups is 1. The number of alkyl halides is 3. The number of fused-ring (bicyclic) bond motifs is 1. The van der Waals surface area contributed by atoms with Gasteiger partial charge in [-0.2, -0.15) is 13.2 Å². The van der Waals surface area contributed by atoms with E-state index < -0.39 is 34.7 Å². The molecule has 2 amide bonds. The van der Waals surface area contributed by atoms with E-state index in [1.54, 1.807) is 6.92 Å². The van der Waals surface area contributed by atoms with Gasteiger partial charge in [-0.1, -0.05) is 6.92 Å². The maximum atomic E-state index is 13.3. The Balaban J connectivity index is 2.83. The third-order valence-corrected chi connectivity index (χ3v) is 3.59. The first-order chi connectivity index (χ1) is 10.0. The summed E-state index contributed by atoms with van der Waals surface area (Å²) in [4.78, 5) is 24.6. The summed E-state index contributed by atoms with van der Waals surface area (Å²) in [6.45, 7) is 2.88. The molecule has 1 aromatic rings. The molecule has 1 atom stereocenters. The first kappa shape index (κ1) is 16.3. The molecule has 0 radical (unpaired) electrons. The lowest BCUT2D eigenvalue weighted by atomic mass is 9.91. The van der Waals surface area contributed by atoms with Crippen LogP contribution in [0.25, 0.3) is 0 Å². The minimum absolute atomic E-state index is 0.125. The first-order valence-corrected chi connectivity index (χ1v) is 6.61. The van der Waals surface area contributed by atoms with Crippen LogP contribution in [-0.2, 0) is 16.6 Å². The number of nitrogens with zero attached hydrogens (tertiary/aromatic N) is 1. The second-order valence-corrected chi connectivity index (χ2v) is 5.31. The second-order valence-electron chi connectivity index (χ2n) is 5.31. The van der Waals surface area contributed by atoms with Crippen LogP contribution in [0.5, 0.6) is 0 Å². The summed E-state index contributed by atoms with van der Waals surface area (Å²) in [5, 5.41) is 10.3. The quantitative estimate of drug-likeness (QED) is 0.891. The number of amides is 2. The molecule has 22 heavy (non-hydrogen) atoms. The van der Waals surface area contributed by atoms with E-state index in [1.165, 1.54) is 0 Å². The van der Waals surface area contributed by atoms with Crippen molar-refractivity contribution in [3.63, 3.8) is 0 Å². The highest BCUT2D eigenvalue weighted by molar-refractivity contribution is 6.08. The van der Waals surface area contributed by atoms with Crippen LogP contribution in [-0.4, -0.2) is 23.5 Å². The maximum Gasteiger partial charge on any atom is 0.416 e. The SMILES string of the molecule is CCCN1C(=O)C(C)(O)c2c1cc(C(N)=O)cc2C(F)(F)F. The van der Waals surface area contributed by atoms with Crippen molar-refractivity contribution in [2.75, 3.05) is 11.4 Å². The van der Waals surface area contributed by atoms with Crippen molar-refractivity contribution in [3.05, 3.63) is 28.8 Å². The number of nitrogens with two attached hydrogens (primary N) is 1. The number of benzene rings is 1. The zero-order valence-electron chi connectivity index (χ0n) is 12.0. The van der Waals surface area contributed by atoms with Gasteiger partial charge in [-0.05, 0) is 25.5 Å². The topological polar surface area (TPSA) is 83.6 Å². The third kappa shape index (κ3) is 2.33. The van der Waals surface area contributed by atoms with Gasteiger partial charge in [0.1, 0.15) is 0 Å². The van der Waals surface area contributed by atoms with Gasteiger partial charge in [-0.15, -0.1) is 0 Å². The van der Waals surface area contributed by atoms with Gasteiger partial charge in [0.15, 0.2) is 5.60 Å². The highest BCUT2D eigenvalue weighted by Gasteiger charge is 2.51. The Kier molecular flexibility index (Phi) is 3.68. The fourth-order valence-electron chi connectivity index (χ4n) is 2.64. The molecule has 1 aliphatic rings. The fourth-order valence-corrected chi connectivity index (χ4v) is 2.64. The van der Waals surface area contributed by atoms with E-state index in [9.17, 15) is 27.9 Å². The van der Waals surface area contributed by atoms with Gasteiger partial charge in [-0.3, -0.25) is 9.59 Å². The van der Waals surface area contributed by atoms with Crippen LogP contribution in [0.15, 0.2) is 12.1 Å². The summed E-state index contributed by atoms with van der Waals surface area (Å²) in [5.41, 5.74) is 0.517.